The molecule has 6 heteroatoms. The maximum Gasteiger partial charge on any atom is 0.270 e. The number of nitrogens with zero attached hydrogens (tertiary/aromatic N) is 3. The smallest absolute Gasteiger partial charge is 0.270 e. The molecule has 2 heterocycles. The maximum absolute atomic E-state index is 12.4. The first-order chi connectivity index (χ1) is 10.6. The molecule has 0 amide bonds. The molecule has 0 saturated heterocycles. The molecule has 1 N–H and O–H groups in total. The average Bonchev–Trinajstić information content (AvgIpc) is 2.53. The first-order valence-corrected chi connectivity index (χ1v) is 7.85. The van der Waals surface area contributed by atoms with Crippen LogP contribution in [0.15, 0.2) is 16.9 Å². The number of rotatable bonds is 2. The summed E-state index contributed by atoms with van der Waals surface area (Å²) in [7, 11) is 1.64. The van der Waals surface area contributed by atoms with E-state index in [0.717, 1.165) is 25.7 Å². The zero-order valence-corrected chi connectivity index (χ0v) is 13.2. The fourth-order valence-electron chi connectivity index (χ4n) is 3.08. The zero-order chi connectivity index (χ0) is 15.7. The molecule has 0 radical (unpaired) electrons. The highest BCUT2D eigenvalue weighted by atomic mass is 35.5. The van der Waals surface area contributed by atoms with Crippen LogP contribution in [0.5, 0.6) is 0 Å². The Bertz CT molecular complexity index is 815. The lowest BCUT2D eigenvalue weighted by Crippen LogP contribution is -2.27. The van der Waals surface area contributed by atoms with E-state index in [9.17, 15) is 10.1 Å². The van der Waals surface area contributed by atoms with Gasteiger partial charge in [-0.15, -0.1) is 0 Å². The number of aryl methyl sites for hydroxylation is 1. The van der Waals surface area contributed by atoms with E-state index >= 15 is 0 Å². The van der Waals surface area contributed by atoms with Gasteiger partial charge >= 0.3 is 0 Å². The van der Waals surface area contributed by atoms with E-state index in [2.05, 4.69) is 10.3 Å². The van der Waals surface area contributed by atoms with Gasteiger partial charge in [0.05, 0.1) is 11.2 Å². The molecule has 5 nitrogen and oxygen atoms in total. The number of pyridine rings is 2. The molecule has 2 aromatic heterocycles. The van der Waals surface area contributed by atoms with E-state index in [-0.39, 0.29) is 17.2 Å². The maximum atomic E-state index is 12.4. The van der Waals surface area contributed by atoms with Crippen LogP contribution >= 0.6 is 11.6 Å². The van der Waals surface area contributed by atoms with Crippen molar-refractivity contribution in [3.05, 3.63) is 33.2 Å². The zero-order valence-electron chi connectivity index (χ0n) is 12.4. The second-order valence-corrected chi connectivity index (χ2v) is 6.09. The van der Waals surface area contributed by atoms with E-state index in [4.69, 9.17) is 11.6 Å². The van der Waals surface area contributed by atoms with Gasteiger partial charge in [-0.05, 0) is 25.0 Å². The first-order valence-electron chi connectivity index (χ1n) is 7.47. The number of hydrogen-bond donors (Lipinski definition) is 1. The first kappa shape index (κ1) is 14.9. The van der Waals surface area contributed by atoms with Gasteiger partial charge < -0.3 is 9.88 Å². The van der Waals surface area contributed by atoms with Crippen molar-refractivity contribution >= 4 is 28.3 Å². The topological polar surface area (TPSA) is 70.7 Å². The van der Waals surface area contributed by atoms with E-state index < -0.39 is 0 Å². The minimum absolute atomic E-state index is 0.107. The summed E-state index contributed by atoms with van der Waals surface area (Å²) in [6.07, 6.45) is 5.65. The summed E-state index contributed by atoms with van der Waals surface area (Å²) in [5.74, 6) is 0. The lowest BCUT2D eigenvalue weighted by molar-refractivity contribution is 0.463. The molecule has 0 aliphatic heterocycles. The minimum atomic E-state index is -0.308. The van der Waals surface area contributed by atoms with Crippen molar-refractivity contribution in [1.29, 1.82) is 5.26 Å². The van der Waals surface area contributed by atoms with Gasteiger partial charge in [-0.3, -0.25) is 4.79 Å². The highest BCUT2D eigenvalue weighted by Crippen LogP contribution is 2.28. The lowest BCUT2D eigenvalue weighted by atomic mass is 9.95. The molecule has 1 fully saturated rings. The summed E-state index contributed by atoms with van der Waals surface area (Å²) in [5.41, 5.74) is 1.58. The van der Waals surface area contributed by atoms with Crippen LogP contribution in [0.3, 0.4) is 0 Å². The summed E-state index contributed by atoms with van der Waals surface area (Å²) in [6, 6.07) is 5.72. The Morgan fingerprint density at radius 2 is 2.09 bits per heavy atom. The van der Waals surface area contributed by atoms with Crippen LogP contribution in [0.2, 0.25) is 5.15 Å². The molecule has 0 bridgehead atoms. The number of halogens is 1. The number of nitrogens with one attached hydrogen (secondary N) is 1. The van der Waals surface area contributed by atoms with Crippen molar-refractivity contribution in [1.82, 2.24) is 9.55 Å². The van der Waals surface area contributed by atoms with Crippen LogP contribution in [-0.2, 0) is 7.05 Å². The van der Waals surface area contributed by atoms with Crippen molar-refractivity contribution < 1.29 is 0 Å². The van der Waals surface area contributed by atoms with Crippen molar-refractivity contribution in [2.45, 2.75) is 38.1 Å². The standard InChI is InChI=1S/C16H17ClN4O/c1-21-12-7-8-13(17)20-15(12)14(11(9-18)16(21)22)19-10-5-3-2-4-6-10/h7-8,10,19H,2-6H2,1H3. The molecule has 0 unspecified atom stereocenters. The fourth-order valence-corrected chi connectivity index (χ4v) is 3.23. The van der Waals surface area contributed by atoms with Crippen LogP contribution in [0.4, 0.5) is 5.69 Å². The van der Waals surface area contributed by atoms with Crippen molar-refractivity contribution in [3.8, 4) is 6.07 Å². The molecule has 0 spiro atoms. The Balaban J connectivity index is 2.21. The van der Waals surface area contributed by atoms with Crippen molar-refractivity contribution in [2.75, 3.05) is 5.32 Å². The molecule has 2 aromatic rings. The van der Waals surface area contributed by atoms with Crippen LogP contribution in [-0.4, -0.2) is 15.6 Å². The number of anilines is 1. The molecule has 114 valence electrons. The monoisotopic (exact) mass is 316 g/mol. The average molecular weight is 317 g/mol. The van der Waals surface area contributed by atoms with Crippen LogP contribution in [0, 0.1) is 11.3 Å². The highest BCUT2D eigenvalue weighted by Gasteiger charge is 2.20. The Hall–Kier alpha value is -2.06. The van der Waals surface area contributed by atoms with Crippen LogP contribution < -0.4 is 10.9 Å². The Morgan fingerprint density at radius 3 is 2.77 bits per heavy atom. The van der Waals surface area contributed by atoms with Crippen LogP contribution in [0.25, 0.3) is 11.0 Å². The molecule has 1 aliphatic carbocycles. The van der Waals surface area contributed by atoms with Crippen LogP contribution in [0.1, 0.15) is 37.7 Å². The second kappa shape index (κ2) is 5.98. The van der Waals surface area contributed by atoms with E-state index in [1.54, 1.807) is 19.2 Å². The largest absolute Gasteiger partial charge is 0.379 e. The highest BCUT2D eigenvalue weighted by molar-refractivity contribution is 6.29. The Kier molecular flexibility index (Phi) is 4.04. The van der Waals surface area contributed by atoms with Gasteiger partial charge in [0.25, 0.3) is 5.56 Å². The van der Waals surface area contributed by atoms with E-state index in [1.807, 2.05) is 6.07 Å². The second-order valence-electron chi connectivity index (χ2n) is 5.71. The van der Waals surface area contributed by atoms with E-state index in [1.165, 1.54) is 11.0 Å². The normalized spacial score (nSPS) is 15.7. The molecule has 1 saturated carbocycles. The molecule has 0 aromatic carbocycles. The number of hydrogen-bond acceptors (Lipinski definition) is 4. The molecule has 1 aliphatic rings. The third-order valence-electron chi connectivity index (χ3n) is 4.27. The van der Waals surface area contributed by atoms with E-state index in [0.29, 0.717) is 21.9 Å². The minimum Gasteiger partial charge on any atom is -0.379 e. The predicted octanol–water partition coefficient (Wildman–Crippen LogP) is 3.20. The molecular formula is C16H17ClN4O. The van der Waals surface area contributed by atoms with Gasteiger partial charge in [0, 0.05) is 13.1 Å². The quantitative estimate of drug-likeness (QED) is 0.864. The summed E-state index contributed by atoms with van der Waals surface area (Å²) in [4.78, 5) is 16.7. The third-order valence-corrected chi connectivity index (χ3v) is 4.48. The summed E-state index contributed by atoms with van der Waals surface area (Å²) in [5, 5.41) is 13.1. The SMILES string of the molecule is Cn1c(=O)c(C#N)c(NC2CCCCC2)c2nc(Cl)ccc21. The number of aromatic nitrogens is 2. The summed E-state index contributed by atoms with van der Waals surface area (Å²) < 4.78 is 1.45. The molecular weight excluding hydrogens is 300 g/mol. The van der Waals surface area contributed by atoms with Gasteiger partial charge in [-0.2, -0.15) is 5.26 Å². The third kappa shape index (κ3) is 2.55. The van der Waals surface area contributed by atoms with Gasteiger partial charge in [0.2, 0.25) is 0 Å². The van der Waals surface area contributed by atoms with Crippen molar-refractivity contribution in [2.24, 2.45) is 7.05 Å². The number of fused-ring (bicyclic) bond motifs is 1. The Labute approximate surface area is 133 Å². The lowest BCUT2D eigenvalue weighted by Gasteiger charge is -2.25. The summed E-state index contributed by atoms with van der Waals surface area (Å²) >= 11 is 6.01. The van der Waals surface area contributed by atoms with Crippen molar-refractivity contribution in [3.63, 3.8) is 0 Å². The number of nitriles is 1. The molecule has 22 heavy (non-hydrogen) atoms. The fraction of sp³-hybridized carbons (Fsp3) is 0.438. The molecule has 0 atom stereocenters. The Morgan fingerprint density at radius 1 is 1.36 bits per heavy atom. The van der Waals surface area contributed by atoms with Gasteiger partial charge in [-0.25, -0.2) is 4.98 Å². The van der Waals surface area contributed by atoms with Gasteiger partial charge in [0.1, 0.15) is 22.3 Å². The predicted molar refractivity (Wildman–Crippen MR) is 87.2 cm³/mol. The molecule has 3 rings (SSSR count). The van der Waals surface area contributed by atoms with Gasteiger partial charge in [-0.1, -0.05) is 30.9 Å². The summed E-state index contributed by atoms with van der Waals surface area (Å²) in [6.45, 7) is 0. The van der Waals surface area contributed by atoms with Gasteiger partial charge in [0.15, 0.2) is 0 Å².